The number of phenolic OH excluding ortho intramolecular Hbond substituents is 1. The number of anilines is 1. The SMILES string of the molecule is O=C(Nc1cc(C(=O)O)ccc1O)NC1CC1. The number of carbonyl (C=O) groups excluding carboxylic acids is 1. The van der Waals surface area contributed by atoms with Crippen LogP contribution in [0.25, 0.3) is 0 Å². The highest BCUT2D eigenvalue weighted by Crippen LogP contribution is 2.25. The Labute approximate surface area is 97.3 Å². The van der Waals surface area contributed by atoms with Crippen molar-refractivity contribution in [3.05, 3.63) is 23.8 Å². The van der Waals surface area contributed by atoms with Crippen molar-refractivity contribution in [1.82, 2.24) is 5.32 Å². The van der Waals surface area contributed by atoms with Crippen molar-refractivity contribution >= 4 is 17.7 Å². The van der Waals surface area contributed by atoms with Crippen LogP contribution in [0.15, 0.2) is 18.2 Å². The van der Waals surface area contributed by atoms with Gasteiger partial charge in [0, 0.05) is 6.04 Å². The average molecular weight is 236 g/mol. The molecule has 2 amide bonds. The monoisotopic (exact) mass is 236 g/mol. The van der Waals surface area contributed by atoms with Crippen molar-refractivity contribution in [3.8, 4) is 5.75 Å². The molecule has 1 saturated carbocycles. The first-order valence-corrected chi connectivity index (χ1v) is 5.20. The minimum atomic E-state index is -1.12. The molecule has 0 heterocycles. The fourth-order valence-electron chi connectivity index (χ4n) is 1.34. The molecule has 0 atom stereocenters. The minimum absolute atomic E-state index is 0.00419. The van der Waals surface area contributed by atoms with Gasteiger partial charge in [0.1, 0.15) is 5.75 Å². The summed E-state index contributed by atoms with van der Waals surface area (Å²) in [6.07, 6.45) is 1.91. The van der Waals surface area contributed by atoms with Gasteiger partial charge in [-0.3, -0.25) is 0 Å². The van der Waals surface area contributed by atoms with Crippen molar-refractivity contribution in [2.45, 2.75) is 18.9 Å². The lowest BCUT2D eigenvalue weighted by atomic mass is 10.2. The Hall–Kier alpha value is -2.24. The summed E-state index contributed by atoms with van der Waals surface area (Å²) < 4.78 is 0. The fourth-order valence-corrected chi connectivity index (χ4v) is 1.34. The maximum Gasteiger partial charge on any atom is 0.335 e. The molecule has 0 spiro atoms. The average Bonchev–Trinajstić information content (AvgIpc) is 3.04. The van der Waals surface area contributed by atoms with Crippen molar-refractivity contribution in [2.24, 2.45) is 0 Å². The molecule has 0 bridgehead atoms. The highest BCUT2D eigenvalue weighted by molar-refractivity contribution is 5.94. The Morgan fingerprint density at radius 2 is 2.00 bits per heavy atom. The molecule has 1 aromatic carbocycles. The summed E-state index contributed by atoms with van der Waals surface area (Å²) in [6, 6.07) is 3.47. The Morgan fingerprint density at radius 3 is 2.59 bits per heavy atom. The Morgan fingerprint density at radius 1 is 1.29 bits per heavy atom. The summed E-state index contributed by atoms with van der Waals surface area (Å²) in [6.45, 7) is 0. The van der Waals surface area contributed by atoms with Gasteiger partial charge in [0.25, 0.3) is 0 Å². The summed E-state index contributed by atoms with van der Waals surface area (Å²) in [4.78, 5) is 22.1. The minimum Gasteiger partial charge on any atom is -0.506 e. The summed E-state index contributed by atoms with van der Waals surface area (Å²) in [5, 5.41) is 23.3. The third-order valence-corrected chi connectivity index (χ3v) is 2.40. The second-order valence-corrected chi connectivity index (χ2v) is 3.91. The van der Waals surface area contributed by atoms with E-state index in [1.165, 1.54) is 18.2 Å². The number of phenols is 1. The lowest BCUT2D eigenvalue weighted by Crippen LogP contribution is -2.30. The molecule has 2 rings (SSSR count). The largest absolute Gasteiger partial charge is 0.506 e. The predicted molar refractivity (Wildman–Crippen MR) is 60.2 cm³/mol. The zero-order valence-corrected chi connectivity index (χ0v) is 8.93. The molecule has 6 heteroatoms. The number of carboxylic acids is 1. The number of aromatic carboxylic acids is 1. The zero-order valence-electron chi connectivity index (χ0n) is 8.93. The second kappa shape index (κ2) is 4.32. The number of carbonyl (C=O) groups is 2. The zero-order chi connectivity index (χ0) is 12.4. The van der Waals surface area contributed by atoms with Crippen molar-refractivity contribution in [1.29, 1.82) is 0 Å². The van der Waals surface area contributed by atoms with E-state index in [1.807, 2.05) is 0 Å². The molecule has 0 aromatic heterocycles. The van der Waals surface area contributed by atoms with Crippen molar-refractivity contribution in [2.75, 3.05) is 5.32 Å². The second-order valence-electron chi connectivity index (χ2n) is 3.91. The molecule has 1 aliphatic carbocycles. The van der Waals surface area contributed by atoms with Gasteiger partial charge >= 0.3 is 12.0 Å². The number of amides is 2. The van der Waals surface area contributed by atoms with Gasteiger partial charge < -0.3 is 20.8 Å². The van der Waals surface area contributed by atoms with E-state index < -0.39 is 12.0 Å². The Kier molecular flexibility index (Phi) is 2.86. The van der Waals surface area contributed by atoms with E-state index in [-0.39, 0.29) is 23.0 Å². The number of nitrogens with one attached hydrogen (secondary N) is 2. The van der Waals surface area contributed by atoms with Crippen LogP contribution < -0.4 is 10.6 Å². The van der Waals surface area contributed by atoms with Crippen LogP contribution in [0.3, 0.4) is 0 Å². The van der Waals surface area contributed by atoms with E-state index in [1.54, 1.807) is 0 Å². The number of rotatable bonds is 3. The molecule has 0 aliphatic heterocycles. The van der Waals surface area contributed by atoms with Gasteiger partial charge in [-0.2, -0.15) is 0 Å². The lowest BCUT2D eigenvalue weighted by molar-refractivity contribution is 0.0697. The molecule has 0 unspecified atom stereocenters. The number of hydrogen-bond donors (Lipinski definition) is 4. The molecule has 90 valence electrons. The maximum absolute atomic E-state index is 11.4. The lowest BCUT2D eigenvalue weighted by Gasteiger charge is -2.08. The predicted octanol–water partition coefficient (Wildman–Crippen LogP) is 1.37. The summed E-state index contributed by atoms with van der Waals surface area (Å²) in [5.74, 6) is -1.28. The molecule has 17 heavy (non-hydrogen) atoms. The van der Waals surface area contributed by atoms with Gasteiger partial charge in [-0.15, -0.1) is 0 Å². The summed E-state index contributed by atoms with van der Waals surface area (Å²) >= 11 is 0. The summed E-state index contributed by atoms with van der Waals surface area (Å²) in [5.41, 5.74) is 0.0903. The van der Waals surface area contributed by atoms with E-state index in [0.29, 0.717) is 0 Å². The first kappa shape index (κ1) is 11.3. The smallest absolute Gasteiger partial charge is 0.335 e. The number of urea groups is 1. The van der Waals surface area contributed by atoms with Gasteiger partial charge in [0.2, 0.25) is 0 Å². The first-order chi connectivity index (χ1) is 8.06. The van der Waals surface area contributed by atoms with Crippen molar-refractivity contribution in [3.63, 3.8) is 0 Å². The van der Waals surface area contributed by atoms with E-state index in [9.17, 15) is 14.7 Å². The quantitative estimate of drug-likeness (QED) is 0.596. The van der Waals surface area contributed by atoms with E-state index >= 15 is 0 Å². The molecular weight excluding hydrogens is 224 g/mol. The van der Waals surface area contributed by atoms with Crippen LogP contribution in [0.1, 0.15) is 23.2 Å². The van der Waals surface area contributed by atoms with Crippen LogP contribution in [-0.2, 0) is 0 Å². The molecule has 1 fully saturated rings. The van der Waals surface area contributed by atoms with E-state index in [2.05, 4.69) is 10.6 Å². The van der Waals surface area contributed by atoms with Crippen LogP contribution in [-0.4, -0.2) is 28.3 Å². The maximum atomic E-state index is 11.4. The van der Waals surface area contributed by atoms with Gasteiger partial charge in [-0.1, -0.05) is 0 Å². The summed E-state index contributed by atoms with van der Waals surface area (Å²) in [7, 11) is 0. The highest BCUT2D eigenvalue weighted by Gasteiger charge is 2.23. The molecule has 6 nitrogen and oxygen atoms in total. The van der Waals surface area contributed by atoms with Crippen LogP contribution in [0.4, 0.5) is 10.5 Å². The third-order valence-electron chi connectivity index (χ3n) is 2.40. The van der Waals surface area contributed by atoms with Gasteiger partial charge in [-0.05, 0) is 31.0 Å². The normalized spacial score (nSPS) is 14.1. The van der Waals surface area contributed by atoms with Crippen LogP contribution >= 0.6 is 0 Å². The van der Waals surface area contributed by atoms with Crippen molar-refractivity contribution < 1.29 is 19.8 Å². The molecule has 1 aromatic rings. The topological polar surface area (TPSA) is 98.7 Å². The fraction of sp³-hybridized carbons (Fsp3) is 0.273. The van der Waals surface area contributed by atoms with Gasteiger partial charge in [0.15, 0.2) is 0 Å². The van der Waals surface area contributed by atoms with E-state index in [4.69, 9.17) is 5.11 Å². The standard InChI is InChI=1S/C11H12N2O4/c14-9-4-1-6(10(15)16)5-8(9)13-11(17)12-7-2-3-7/h1,4-5,7,14H,2-3H2,(H,15,16)(H2,12,13,17). The highest BCUT2D eigenvalue weighted by atomic mass is 16.4. The first-order valence-electron chi connectivity index (χ1n) is 5.20. The van der Waals surface area contributed by atoms with Crippen LogP contribution in [0.2, 0.25) is 0 Å². The van der Waals surface area contributed by atoms with E-state index in [0.717, 1.165) is 12.8 Å². The van der Waals surface area contributed by atoms with Crippen LogP contribution in [0, 0.1) is 0 Å². The Balaban J connectivity index is 2.09. The molecule has 1 aliphatic rings. The number of carboxylic acid groups (broad SMARTS) is 1. The van der Waals surface area contributed by atoms with Gasteiger partial charge in [0.05, 0.1) is 11.3 Å². The number of hydrogen-bond acceptors (Lipinski definition) is 3. The Bertz CT molecular complexity index is 469. The molecule has 4 N–H and O–H groups in total. The molecule has 0 radical (unpaired) electrons. The number of benzene rings is 1. The number of aromatic hydroxyl groups is 1. The van der Waals surface area contributed by atoms with Gasteiger partial charge in [-0.25, -0.2) is 9.59 Å². The molecule has 0 saturated heterocycles. The third kappa shape index (κ3) is 2.87. The molecular formula is C11H12N2O4. The van der Waals surface area contributed by atoms with Crippen LogP contribution in [0.5, 0.6) is 5.75 Å².